The van der Waals surface area contributed by atoms with Gasteiger partial charge in [0.25, 0.3) is 0 Å². The lowest BCUT2D eigenvalue weighted by atomic mass is 10.2. The van der Waals surface area contributed by atoms with Crippen molar-refractivity contribution in [2.24, 2.45) is 0 Å². The molecule has 0 aliphatic rings. The Bertz CT molecular complexity index is 745. The molecular formula is C17H13BrCl2O3. The topological polar surface area (TPSA) is 35.5 Å². The second-order valence-electron chi connectivity index (χ2n) is 4.44. The van der Waals surface area contributed by atoms with Crippen molar-refractivity contribution < 1.29 is 14.3 Å². The Morgan fingerprint density at radius 1 is 1.17 bits per heavy atom. The number of benzene rings is 2. The zero-order valence-electron chi connectivity index (χ0n) is 12.2. The fourth-order valence-corrected chi connectivity index (χ4v) is 2.49. The molecule has 0 N–H and O–H groups in total. The van der Waals surface area contributed by atoms with E-state index < -0.39 is 5.97 Å². The van der Waals surface area contributed by atoms with Gasteiger partial charge < -0.3 is 9.47 Å². The quantitative estimate of drug-likeness (QED) is 0.353. The molecule has 0 amide bonds. The van der Waals surface area contributed by atoms with Crippen LogP contribution in [0.1, 0.15) is 12.5 Å². The Kier molecular flexibility index (Phi) is 6.51. The van der Waals surface area contributed by atoms with E-state index in [1.54, 1.807) is 18.2 Å². The summed E-state index contributed by atoms with van der Waals surface area (Å²) in [7, 11) is 0. The molecule has 0 aliphatic carbocycles. The summed E-state index contributed by atoms with van der Waals surface area (Å²) in [6.07, 6.45) is 2.93. The van der Waals surface area contributed by atoms with Crippen molar-refractivity contribution in [3.05, 3.63) is 62.6 Å². The van der Waals surface area contributed by atoms with Crippen LogP contribution in [0.25, 0.3) is 6.08 Å². The summed E-state index contributed by atoms with van der Waals surface area (Å²) in [5.41, 5.74) is 0.760. The Morgan fingerprint density at radius 2 is 1.96 bits per heavy atom. The SMILES string of the molecule is CCOc1ccc(Br)cc1/C=C/C(=O)Oc1cc(Cl)ccc1Cl. The normalized spacial score (nSPS) is 10.8. The van der Waals surface area contributed by atoms with Gasteiger partial charge in [-0.3, -0.25) is 0 Å². The molecule has 0 saturated carbocycles. The molecule has 0 atom stereocenters. The first kappa shape index (κ1) is 17.9. The number of halogens is 3. The van der Waals surface area contributed by atoms with E-state index in [0.29, 0.717) is 22.4 Å². The minimum absolute atomic E-state index is 0.216. The van der Waals surface area contributed by atoms with Crippen molar-refractivity contribution in [3.8, 4) is 11.5 Å². The third-order valence-electron chi connectivity index (χ3n) is 2.77. The van der Waals surface area contributed by atoms with Gasteiger partial charge in [-0.05, 0) is 43.3 Å². The van der Waals surface area contributed by atoms with Crippen molar-refractivity contribution in [3.63, 3.8) is 0 Å². The number of hydrogen-bond donors (Lipinski definition) is 0. The molecule has 0 radical (unpaired) electrons. The summed E-state index contributed by atoms with van der Waals surface area (Å²) in [5.74, 6) is 0.338. The van der Waals surface area contributed by atoms with Gasteiger partial charge in [0.1, 0.15) is 5.75 Å². The Morgan fingerprint density at radius 3 is 2.70 bits per heavy atom. The first-order valence-corrected chi connectivity index (χ1v) is 8.31. The third kappa shape index (κ3) is 5.27. The second kappa shape index (κ2) is 8.39. The first-order valence-electron chi connectivity index (χ1n) is 6.77. The summed E-state index contributed by atoms with van der Waals surface area (Å²) in [6, 6.07) is 10.2. The van der Waals surface area contributed by atoms with Crippen LogP contribution in [0.5, 0.6) is 11.5 Å². The molecule has 6 heteroatoms. The van der Waals surface area contributed by atoms with Gasteiger partial charge in [0.2, 0.25) is 0 Å². The highest BCUT2D eigenvalue weighted by Gasteiger charge is 2.07. The van der Waals surface area contributed by atoms with Gasteiger partial charge in [-0.15, -0.1) is 0 Å². The van der Waals surface area contributed by atoms with Gasteiger partial charge in [0.05, 0.1) is 11.6 Å². The number of rotatable bonds is 5. The number of esters is 1. The van der Waals surface area contributed by atoms with E-state index in [0.717, 1.165) is 10.0 Å². The standard InChI is InChI=1S/C17H13BrCl2O3/c1-2-22-15-7-4-12(18)9-11(15)3-8-17(21)23-16-10-13(19)5-6-14(16)20/h3-10H,2H2,1H3/b8-3+. The molecule has 0 fully saturated rings. The lowest BCUT2D eigenvalue weighted by molar-refractivity contribution is -0.128. The number of hydrogen-bond acceptors (Lipinski definition) is 3. The van der Waals surface area contributed by atoms with E-state index in [1.807, 2.05) is 25.1 Å². The van der Waals surface area contributed by atoms with Crippen molar-refractivity contribution >= 4 is 51.2 Å². The molecule has 0 unspecified atom stereocenters. The van der Waals surface area contributed by atoms with Crippen LogP contribution in [-0.2, 0) is 4.79 Å². The Balaban J connectivity index is 2.15. The van der Waals surface area contributed by atoms with E-state index >= 15 is 0 Å². The fourth-order valence-electron chi connectivity index (χ4n) is 1.79. The first-order chi connectivity index (χ1) is 11.0. The van der Waals surface area contributed by atoms with Crippen molar-refractivity contribution in [1.29, 1.82) is 0 Å². The van der Waals surface area contributed by atoms with Gasteiger partial charge in [-0.1, -0.05) is 39.1 Å². The van der Waals surface area contributed by atoms with E-state index in [-0.39, 0.29) is 5.75 Å². The van der Waals surface area contributed by atoms with Crippen LogP contribution in [0.15, 0.2) is 46.9 Å². The highest BCUT2D eigenvalue weighted by molar-refractivity contribution is 9.10. The van der Waals surface area contributed by atoms with Crippen LogP contribution in [0.2, 0.25) is 10.0 Å². The molecule has 2 rings (SSSR count). The molecule has 3 nitrogen and oxygen atoms in total. The van der Waals surface area contributed by atoms with Gasteiger partial charge in [-0.25, -0.2) is 4.79 Å². The average Bonchev–Trinajstić information content (AvgIpc) is 2.51. The van der Waals surface area contributed by atoms with Crippen LogP contribution in [0.4, 0.5) is 0 Å². The van der Waals surface area contributed by atoms with Crippen molar-refractivity contribution in [1.82, 2.24) is 0 Å². The highest BCUT2D eigenvalue weighted by Crippen LogP contribution is 2.28. The predicted molar refractivity (Wildman–Crippen MR) is 96.4 cm³/mol. The zero-order valence-corrected chi connectivity index (χ0v) is 15.3. The van der Waals surface area contributed by atoms with E-state index in [9.17, 15) is 4.79 Å². The van der Waals surface area contributed by atoms with Crippen LogP contribution in [-0.4, -0.2) is 12.6 Å². The van der Waals surface area contributed by atoms with Gasteiger partial charge in [-0.2, -0.15) is 0 Å². The second-order valence-corrected chi connectivity index (χ2v) is 6.20. The molecule has 0 aliphatic heterocycles. The molecule has 2 aromatic carbocycles. The summed E-state index contributed by atoms with van der Waals surface area (Å²) in [6.45, 7) is 2.43. The summed E-state index contributed by atoms with van der Waals surface area (Å²) < 4.78 is 11.6. The maximum atomic E-state index is 11.9. The van der Waals surface area contributed by atoms with Crippen LogP contribution in [0, 0.1) is 0 Å². The molecular weight excluding hydrogens is 403 g/mol. The molecule has 0 saturated heterocycles. The summed E-state index contributed by atoms with van der Waals surface area (Å²) >= 11 is 15.2. The zero-order chi connectivity index (χ0) is 16.8. The van der Waals surface area contributed by atoms with Crippen molar-refractivity contribution in [2.45, 2.75) is 6.92 Å². The molecule has 2 aromatic rings. The molecule has 0 aromatic heterocycles. The van der Waals surface area contributed by atoms with E-state index in [1.165, 1.54) is 12.1 Å². The maximum Gasteiger partial charge on any atom is 0.336 e. The highest BCUT2D eigenvalue weighted by atomic mass is 79.9. The summed E-state index contributed by atoms with van der Waals surface area (Å²) in [5, 5.41) is 0.750. The predicted octanol–water partition coefficient (Wildman–Crippen LogP) is 5.77. The number of carbonyl (C=O) groups is 1. The van der Waals surface area contributed by atoms with Gasteiger partial charge in [0.15, 0.2) is 5.75 Å². The maximum absolute atomic E-state index is 11.9. The lowest BCUT2D eigenvalue weighted by Crippen LogP contribution is -2.04. The molecule has 0 spiro atoms. The molecule has 120 valence electrons. The third-order valence-corrected chi connectivity index (χ3v) is 3.82. The Hall–Kier alpha value is -1.49. The van der Waals surface area contributed by atoms with E-state index in [4.69, 9.17) is 32.7 Å². The minimum Gasteiger partial charge on any atom is -0.493 e. The lowest BCUT2D eigenvalue weighted by Gasteiger charge is -2.07. The van der Waals surface area contributed by atoms with E-state index in [2.05, 4.69) is 15.9 Å². The molecule has 0 bridgehead atoms. The van der Waals surface area contributed by atoms with Crippen LogP contribution < -0.4 is 9.47 Å². The average molecular weight is 416 g/mol. The minimum atomic E-state index is -0.559. The monoisotopic (exact) mass is 414 g/mol. The smallest absolute Gasteiger partial charge is 0.336 e. The van der Waals surface area contributed by atoms with Crippen molar-refractivity contribution in [2.75, 3.05) is 6.61 Å². The fraction of sp³-hybridized carbons (Fsp3) is 0.118. The van der Waals surface area contributed by atoms with Gasteiger partial charge >= 0.3 is 5.97 Å². The molecule has 23 heavy (non-hydrogen) atoms. The van der Waals surface area contributed by atoms with Gasteiger partial charge in [0, 0.05) is 27.2 Å². The molecule has 0 heterocycles. The van der Waals surface area contributed by atoms with Crippen LogP contribution >= 0.6 is 39.1 Å². The number of carbonyl (C=O) groups excluding carboxylic acids is 1. The summed E-state index contributed by atoms with van der Waals surface area (Å²) in [4.78, 5) is 11.9. The Labute approximate surface area is 152 Å². The van der Waals surface area contributed by atoms with Crippen LogP contribution in [0.3, 0.4) is 0 Å². The number of ether oxygens (including phenoxy) is 2. The largest absolute Gasteiger partial charge is 0.493 e.